The number of rotatable bonds is 10. The number of hydrogen-bond acceptors (Lipinski definition) is 4. The monoisotopic (exact) mass is 295 g/mol. The molecule has 0 aromatic heterocycles. The Morgan fingerprint density at radius 3 is 2.76 bits per heavy atom. The highest BCUT2D eigenvalue weighted by Crippen LogP contribution is 2.06. The van der Waals surface area contributed by atoms with E-state index in [4.69, 9.17) is 4.74 Å². The number of esters is 1. The maximum absolute atomic E-state index is 11.6. The van der Waals surface area contributed by atoms with E-state index in [1.165, 1.54) is 19.3 Å². The van der Waals surface area contributed by atoms with Gasteiger partial charge >= 0.3 is 5.97 Å². The van der Waals surface area contributed by atoms with Crippen molar-refractivity contribution in [3.63, 3.8) is 0 Å². The molecule has 1 atom stereocenters. The average Bonchev–Trinajstić information content (AvgIpc) is 2.83. The van der Waals surface area contributed by atoms with Crippen LogP contribution in [0.25, 0.3) is 0 Å². The maximum atomic E-state index is 11.6. The Labute approximate surface area is 126 Å². The number of ether oxygens (including phenoxy) is 1. The lowest BCUT2D eigenvalue weighted by molar-refractivity contribution is -0.141. The van der Waals surface area contributed by atoms with E-state index in [-0.39, 0.29) is 18.6 Å². The summed E-state index contributed by atoms with van der Waals surface area (Å²) in [7, 11) is 0. The molecule has 1 N–H and O–H groups in total. The van der Waals surface area contributed by atoms with Crippen molar-refractivity contribution in [2.45, 2.75) is 64.3 Å². The predicted molar refractivity (Wildman–Crippen MR) is 79.6 cm³/mol. The van der Waals surface area contributed by atoms with Crippen molar-refractivity contribution in [2.24, 2.45) is 0 Å². The minimum atomic E-state index is -0.584. The fraction of sp³-hybridized carbons (Fsp3) is 0.688. The molecule has 118 valence electrons. The summed E-state index contributed by atoms with van der Waals surface area (Å²) in [5.74, 6) is -0.952. The molecule has 1 heterocycles. The molecule has 1 rings (SSSR count). The van der Waals surface area contributed by atoms with Crippen LogP contribution >= 0.6 is 0 Å². The van der Waals surface area contributed by atoms with Crippen LogP contribution in [0.4, 0.5) is 0 Å². The number of allylic oxidation sites excluding steroid dienone is 2. The first-order chi connectivity index (χ1) is 10.1. The van der Waals surface area contributed by atoms with Crippen molar-refractivity contribution in [1.82, 2.24) is 5.32 Å². The van der Waals surface area contributed by atoms with Crippen LogP contribution in [0.1, 0.15) is 58.3 Å². The SMILES string of the molecule is CCCCCC/C=C/CC(=O)CC(=O)N[C@H]1CCOC1=O. The molecule has 1 amide bonds. The lowest BCUT2D eigenvalue weighted by Crippen LogP contribution is -2.38. The molecule has 5 heteroatoms. The summed E-state index contributed by atoms with van der Waals surface area (Å²) in [4.78, 5) is 34.4. The Kier molecular flexibility index (Phi) is 8.40. The van der Waals surface area contributed by atoms with Crippen molar-refractivity contribution in [3.05, 3.63) is 12.2 Å². The summed E-state index contributed by atoms with van der Waals surface area (Å²) in [5.41, 5.74) is 0. The first kappa shape index (κ1) is 17.4. The van der Waals surface area contributed by atoms with E-state index >= 15 is 0 Å². The molecule has 1 fully saturated rings. The van der Waals surface area contributed by atoms with Crippen molar-refractivity contribution < 1.29 is 19.1 Å². The summed E-state index contributed by atoms with van der Waals surface area (Å²) in [6.45, 7) is 2.50. The van der Waals surface area contributed by atoms with Gasteiger partial charge in [0.2, 0.25) is 5.91 Å². The first-order valence-corrected chi connectivity index (χ1v) is 7.76. The summed E-state index contributed by atoms with van der Waals surface area (Å²) in [6.07, 6.45) is 10.2. The van der Waals surface area contributed by atoms with Crippen LogP contribution in [0.2, 0.25) is 0 Å². The summed E-state index contributed by atoms with van der Waals surface area (Å²) >= 11 is 0. The van der Waals surface area contributed by atoms with E-state index in [9.17, 15) is 14.4 Å². The number of carbonyl (C=O) groups is 3. The van der Waals surface area contributed by atoms with Crippen LogP contribution in [0.3, 0.4) is 0 Å². The van der Waals surface area contributed by atoms with Gasteiger partial charge in [0, 0.05) is 12.8 Å². The molecule has 5 nitrogen and oxygen atoms in total. The first-order valence-electron chi connectivity index (χ1n) is 7.76. The van der Waals surface area contributed by atoms with E-state index < -0.39 is 17.9 Å². The Morgan fingerprint density at radius 1 is 1.29 bits per heavy atom. The quantitative estimate of drug-likeness (QED) is 0.290. The largest absolute Gasteiger partial charge is 0.464 e. The van der Waals surface area contributed by atoms with Gasteiger partial charge in [-0.05, 0) is 12.8 Å². The molecular weight excluding hydrogens is 270 g/mol. The third-order valence-electron chi connectivity index (χ3n) is 3.36. The Hall–Kier alpha value is -1.65. The minimum absolute atomic E-state index is 0.135. The number of nitrogens with one attached hydrogen (secondary N) is 1. The number of cyclic esters (lactones) is 1. The number of hydrogen-bond donors (Lipinski definition) is 1. The van der Waals surface area contributed by atoms with Crippen molar-refractivity contribution >= 4 is 17.7 Å². The molecule has 0 bridgehead atoms. The van der Waals surface area contributed by atoms with Gasteiger partial charge in [-0.2, -0.15) is 0 Å². The number of unbranched alkanes of at least 4 members (excludes halogenated alkanes) is 4. The second-order valence-electron chi connectivity index (χ2n) is 5.32. The topological polar surface area (TPSA) is 72.5 Å². The molecule has 1 aliphatic heterocycles. The molecule has 0 aromatic carbocycles. The van der Waals surface area contributed by atoms with Crippen LogP contribution in [-0.2, 0) is 19.1 Å². The van der Waals surface area contributed by atoms with E-state index in [0.717, 1.165) is 12.8 Å². The van der Waals surface area contributed by atoms with Gasteiger partial charge in [-0.15, -0.1) is 0 Å². The third kappa shape index (κ3) is 7.63. The second kappa shape index (κ2) is 10.1. The maximum Gasteiger partial charge on any atom is 0.328 e. The van der Waals surface area contributed by atoms with E-state index in [0.29, 0.717) is 13.0 Å². The number of amides is 1. The highest BCUT2D eigenvalue weighted by molar-refractivity contribution is 5.99. The van der Waals surface area contributed by atoms with Crippen molar-refractivity contribution in [2.75, 3.05) is 6.61 Å². The smallest absolute Gasteiger partial charge is 0.328 e. The van der Waals surface area contributed by atoms with Gasteiger partial charge in [0.15, 0.2) is 0 Å². The molecule has 1 saturated heterocycles. The minimum Gasteiger partial charge on any atom is -0.464 e. The molecule has 0 radical (unpaired) electrons. The van der Waals surface area contributed by atoms with Crippen molar-refractivity contribution in [3.8, 4) is 0 Å². The van der Waals surface area contributed by atoms with Gasteiger partial charge in [0.05, 0.1) is 13.0 Å². The fourth-order valence-corrected chi connectivity index (χ4v) is 2.15. The lowest BCUT2D eigenvalue weighted by Gasteiger charge is -2.07. The van der Waals surface area contributed by atoms with Crippen LogP contribution in [0, 0.1) is 0 Å². The normalized spacial score (nSPS) is 18.0. The number of ketones is 1. The second-order valence-corrected chi connectivity index (χ2v) is 5.32. The van der Waals surface area contributed by atoms with Crippen LogP contribution < -0.4 is 5.32 Å². The highest BCUT2D eigenvalue weighted by atomic mass is 16.5. The van der Waals surface area contributed by atoms with E-state index in [1.807, 2.05) is 12.2 Å². The van der Waals surface area contributed by atoms with Gasteiger partial charge in [-0.1, -0.05) is 38.3 Å². The molecule has 0 unspecified atom stereocenters. The molecule has 0 aliphatic carbocycles. The van der Waals surface area contributed by atoms with Crippen LogP contribution in [0.15, 0.2) is 12.2 Å². The van der Waals surface area contributed by atoms with Crippen molar-refractivity contribution in [1.29, 1.82) is 0 Å². The summed E-state index contributed by atoms with van der Waals surface area (Å²) in [6, 6.07) is -0.584. The molecule has 0 aromatic rings. The Morgan fingerprint density at radius 2 is 2.10 bits per heavy atom. The number of carbonyl (C=O) groups excluding carboxylic acids is 3. The molecular formula is C16H25NO4. The number of Topliss-reactive ketones (excluding diaryl/α,β-unsaturated/α-hetero) is 1. The zero-order valence-corrected chi connectivity index (χ0v) is 12.7. The third-order valence-corrected chi connectivity index (χ3v) is 3.36. The zero-order chi connectivity index (χ0) is 15.5. The molecule has 0 spiro atoms. The van der Waals surface area contributed by atoms with Gasteiger partial charge in [-0.3, -0.25) is 9.59 Å². The molecule has 0 saturated carbocycles. The lowest BCUT2D eigenvalue weighted by atomic mass is 10.1. The fourth-order valence-electron chi connectivity index (χ4n) is 2.15. The van der Waals surface area contributed by atoms with Crippen LogP contribution in [0.5, 0.6) is 0 Å². The average molecular weight is 295 g/mol. The van der Waals surface area contributed by atoms with E-state index in [1.54, 1.807) is 0 Å². The molecule has 1 aliphatic rings. The van der Waals surface area contributed by atoms with Gasteiger partial charge < -0.3 is 10.1 Å². The zero-order valence-electron chi connectivity index (χ0n) is 12.7. The van der Waals surface area contributed by atoms with Gasteiger partial charge in [0.25, 0.3) is 0 Å². The highest BCUT2D eigenvalue weighted by Gasteiger charge is 2.28. The summed E-state index contributed by atoms with van der Waals surface area (Å²) in [5, 5.41) is 2.53. The van der Waals surface area contributed by atoms with Crippen LogP contribution in [-0.4, -0.2) is 30.3 Å². The Bertz CT molecular complexity index is 390. The predicted octanol–water partition coefficient (Wildman–Crippen LogP) is 2.29. The standard InChI is InChI=1S/C16H25NO4/c1-2-3-4-5-6-7-8-9-13(18)12-15(19)17-14-10-11-21-16(14)20/h7-8,14H,2-6,9-12H2,1H3,(H,17,19)/b8-7+/t14-/m0/s1. The Balaban J connectivity index is 2.10. The molecule has 21 heavy (non-hydrogen) atoms. The van der Waals surface area contributed by atoms with Gasteiger partial charge in [-0.25, -0.2) is 4.79 Å². The summed E-state index contributed by atoms with van der Waals surface area (Å²) < 4.78 is 4.74. The van der Waals surface area contributed by atoms with E-state index in [2.05, 4.69) is 12.2 Å². The van der Waals surface area contributed by atoms with Gasteiger partial charge in [0.1, 0.15) is 11.8 Å².